The highest BCUT2D eigenvalue weighted by Gasteiger charge is 2.36. The molecule has 2 heterocycles. The standard InChI is InChI=1S/C14H19N3O3/c1-14(2)9-17(7-12(20-14)8-19-3)13(18)10-4-11(5-15)16-6-10/h4,6,12,16H,7-9H2,1-3H3/t12-/m1/s1. The molecule has 0 radical (unpaired) electrons. The number of amides is 1. The van der Waals surface area contributed by atoms with Gasteiger partial charge < -0.3 is 19.4 Å². The summed E-state index contributed by atoms with van der Waals surface area (Å²) in [5.41, 5.74) is 0.468. The Kier molecular flexibility index (Phi) is 4.12. The third-order valence-corrected chi connectivity index (χ3v) is 3.17. The number of hydrogen-bond donors (Lipinski definition) is 1. The van der Waals surface area contributed by atoms with E-state index in [2.05, 4.69) is 4.98 Å². The summed E-state index contributed by atoms with van der Waals surface area (Å²) in [6.07, 6.45) is 1.43. The van der Waals surface area contributed by atoms with Gasteiger partial charge in [0.2, 0.25) is 0 Å². The van der Waals surface area contributed by atoms with Gasteiger partial charge in [-0.15, -0.1) is 0 Å². The van der Waals surface area contributed by atoms with Gasteiger partial charge in [0.05, 0.1) is 23.9 Å². The number of rotatable bonds is 3. The van der Waals surface area contributed by atoms with Gasteiger partial charge in [-0.1, -0.05) is 0 Å². The Morgan fingerprint density at radius 3 is 3.05 bits per heavy atom. The number of nitrogens with zero attached hydrogens (tertiary/aromatic N) is 2. The molecule has 0 bridgehead atoms. The minimum Gasteiger partial charge on any atom is -0.382 e. The topological polar surface area (TPSA) is 78.4 Å². The number of aromatic amines is 1. The van der Waals surface area contributed by atoms with Gasteiger partial charge in [0, 0.05) is 26.4 Å². The molecule has 1 aliphatic heterocycles. The largest absolute Gasteiger partial charge is 0.382 e. The molecule has 108 valence electrons. The van der Waals surface area contributed by atoms with Crippen LogP contribution in [0.15, 0.2) is 12.3 Å². The quantitative estimate of drug-likeness (QED) is 0.899. The molecule has 1 atom stereocenters. The second-order valence-electron chi connectivity index (χ2n) is 5.55. The van der Waals surface area contributed by atoms with E-state index in [1.807, 2.05) is 19.9 Å². The van der Waals surface area contributed by atoms with Crippen LogP contribution in [0.4, 0.5) is 0 Å². The van der Waals surface area contributed by atoms with Gasteiger partial charge >= 0.3 is 0 Å². The van der Waals surface area contributed by atoms with Crippen LogP contribution in [0.1, 0.15) is 29.9 Å². The van der Waals surface area contributed by atoms with Crippen molar-refractivity contribution in [2.24, 2.45) is 0 Å². The second kappa shape index (κ2) is 5.65. The molecule has 0 spiro atoms. The molecular weight excluding hydrogens is 258 g/mol. The monoisotopic (exact) mass is 277 g/mol. The number of nitriles is 1. The second-order valence-corrected chi connectivity index (χ2v) is 5.55. The van der Waals surface area contributed by atoms with Gasteiger partial charge in [-0.05, 0) is 19.9 Å². The average molecular weight is 277 g/mol. The summed E-state index contributed by atoms with van der Waals surface area (Å²) in [4.78, 5) is 17.0. The number of ether oxygens (including phenoxy) is 2. The maximum Gasteiger partial charge on any atom is 0.255 e. The molecule has 1 N–H and O–H groups in total. The summed E-state index contributed by atoms with van der Waals surface area (Å²) >= 11 is 0. The lowest BCUT2D eigenvalue weighted by atomic mass is 10.0. The fourth-order valence-corrected chi connectivity index (χ4v) is 2.49. The zero-order valence-electron chi connectivity index (χ0n) is 12.0. The molecule has 20 heavy (non-hydrogen) atoms. The number of methoxy groups -OCH3 is 1. The van der Waals surface area contributed by atoms with Crippen molar-refractivity contribution >= 4 is 5.91 Å². The molecule has 2 rings (SSSR count). The first-order valence-electron chi connectivity index (χ1n) is 6.50. The third-order valence-electron chi connectivity index (χ3n) is 3.17. The number of aromatic nitrogens is 1. The number of carbonyl (C=O) groups excluding carboxylic acids is 1. The van der Waals surface area contributed by atoms with Gasteiger partial charge in [0.25, 0.3) is 5.91 Å². The molecule has 6 nitrogen and oxygen atoms in total. The molecular formula is C14H19N3O3. The van der Waals surface area contributed by atoms with Crippen molar-refractivity contribution in [3.63, 3.8) is 0 Å². The summed E-state index contributed by atoms with van der Waals surface area (Å²) < 4.78 is 11.0. The summed E-state index contributed by atoms with van der Waals surface area (Å²) in [7, 11) is 1.61. The first-order chi connectivity index (χ1) is 9.45. The van der Waals surface area contributed by atoms with E-state index >= 15 is 0 Å². The molecule has 1 aliphatic rings. The number of morpholine rings is 1. The number of nitrogens with one attached hydrogen (secondary N) is 1. The predicted molar refractivity (Wildman–Crippen MR) is 72.2 cm³/mol. The molecule has 0 aliphatic carbocycles. The van der Waals surface area contributed by atoms with E-state index in [0.29, 0.717) is 31.0 Å². The van der Waals surface area contributed by atoms with Crippen LogP contribution in [0.25, 0.3) is 0 Å². The summed E-state index contributed by atoms with van der Waals surface area (Å²) in [5, 5.41) is 8.80. The molecule has 1 aromatic rings. The maximum atomic E-state index is 12.5. The normalized spacial score (nSPS) is 21.5. The molecule has 1 aromatic heterocycles. The first kappa shape index (κ1) is 14.6. The Morgan fingerprint density at radius 2 is 2.45 bits per heavy atom. The van der Waals surface area contributed by atoms with Crippen LogP contribution in [0.3, 0.4) is 0 Å². The van der Waals surface area contributed by atoms with Crippen molar-refractivity contribution < 1.29 is 14.3 Å². The molecule has 0 unspecified atom stereocenters. The van der Waals surface area contributed by atoms with E-state index in [4.69, 9.17) is 14.7 Å². The van der Waals surface area contributed by atoms with Crippen molar-refractivity contribution in [2.75, 3.05) is 26.8 Å². The summed E-state index contributed by atoms with van der Waals surface area (Å²) in [6.45, 7) is 5.35. The number of hydrogen-bond acceptors (Lipinski definition) is 4. The summed E-state index contributed by atoms with van der Waals surface area (Å²) in [6, 6.07) is 3.55. The van der Waals surface area contributed by atoms with Crippen LogP contribution < -0.4 is 0 Å². The van der Waals surface area contributed by atoms with Crippen molar-refractivity contribution in [3.05, 3.63) is 23.5 Å². The number of H-pyrrole nitrogens is 1. The highest BCUT2D eigenvalue weighted by Crippen LogP contribution is 2.23. The third kappa shape index (κ3) is 3.18. The predicted octanol–water partition coefficient (Wildman–Crippen LogP) is 1.15. The zero-order valence-corrected chi connectivity index (χ0v) is 12.0. The smallest absolute Gasteiger partial charge is 0.255 e. The van der Waals surface area contributed by atoms with Gasteiger partial charge in [-0.2, -0.15) is 5.26 Å². The maximum absolute atomic E-state index is 12.5. The van der Waals surface area contributed by atoms with Crippen LogP contribution in [0, 0.1) is 11.3 Å². The molecule has 1 fully saturated rings. The SMILES string of the molecule is COC[C@H]1CN(C(=O)c2c[nH]c(C#N)c2)CC(C)(C)O1. The zero-order chi connectivity index (χ0) is 14.8. The Morgan fingerprint density at radius 1 is 1.70 bits per heavy atom. The van der Waals surface area contributed by atoms with Crippen LogP contribution >= 0.6 is 0 Å². The lowest BCUT2D eigenvalue weighted by molar-refractivity contribution is -0.143. The fraction of sp³-hybridized carbons (Fsp3) is 0.571. The van der Waals surface area contributed by atoms with Gasteiger partial charge in [-0.25, -0.2) is 0 Å². The van der Waals surface area contributed by atoms with E-state index in [0.717, 1.165) is 0 Å². The van der Waals surface area contributed by atoms with Crippen molar-refractivity contribution in [1.29, 1.82) is 5.26 Å². The molecule has 1 amide bonds. The van der Waals surface area contributed by atoms with Crippen molar-refractivity contribution in [1.82, 2.24) is 9.88 Å². The highest BCUT2D eigenvalue weighted by molar-refractivity contribution is 5.94. The van der Waals surface area contributed by atoms with Gasteiger partial charge in [0.15, 0.2) is 0 Å². The van der Waals surface area contributed by atoms with E-state index in [-0.39, 0.29) is 12.0 Å². The molecule has 0 saturated carbocycles. The molecule has 1 saturated heterocycles. The number of carbonyl (C=O) groups is 1. The van der Waals surface area contributed by atoms with E-state index in [1.54, 1.807) is 24.3 Å². The Bertz CT molecular complexity index is 530. The Hall–Kier alpha value is -1.84. The van der Waals surface area contributed by atoms with Crippen LogP contribution in [0.2, 0.25) is 0 Å². The highest BCUT2D eigenvalue weighted by atomic mass is 16.5. The van der Waals surface area contributed by atoms with Crippen LogP contribution in [-0.2, 0) is 9.47 Å². The Labute approximate surface area is 118 Å². The minimum atomic E-state index is -0.411. The molecule has 0 aromatic carbocycles. The van der Waals surface area contributed by atoms with Crippen molar-refractivity contribution in [2.45, 2.75) is 25.6 Å². The molecule has 6 heteroatoms. The first-order valence-corrected chi connectivity index (χ1v) is 6.50. The lowest BCUT2D eigenvalue weighted by Crippen LogP contribution is -2.55. The van der Waals surface area contributed by atoms with Gasteiger partial charge in [-0.3, -0.25) is 4.79 Å². The minimum absolute atomic E-state index is 0.0970. The Balaban J connectivity index is 2.14. The van der Waals surface area contributed by atoms with Gasteiger partial charge in [0.1, 0.15) is 11.8 Å². The van der Waals surface area contributed by atoms with E-state index in [9.17, 15) is 4.79 Å². The van der Waals surface area contributed by atoms with E-state index < -0.39 is 5.60 Å². The van der Waals surface area contributed by atoms with Crippen molar-refractivity contribution in [3.8, 4) is 6.07 Å². The van der Waals surface area contributed by atoms with Crippen LogP contribution in [-0.4, -0.2) is 54.3 Å². The van der Waals surface area contributed by atoms with E-state index in [1.165, 1.54) is 0 Å². The van der Waals surface area contributed by atoms with Crippen LogP contribution in [0.5, 0.6) is 0 Å². The average Bonchev–Trinajstić information content (AvgIpc) is 2.85. The lowest BCUT2D eigenvalue weighted by Gasteiger charge is -2.42. The fourth-order valence-electron chi connectivity index (χ4n) is 2.49. The summed E-state index contributed by atoms with van der Waals surface area (Å²) in [5.74, 6) is -0.0970.